The first-order valence-corrected chi connectivity index (χ1v) is 8.81. The maximum atomic E-state index is 12.4. The molecule has 0 saturated carbocycles. The van der Waals surface area contributed by atoms with E-state index in [9.17, 15) is 4.79 Å². The first-order valence-electron chi connectivity index (χ1n) is 7.18. The molecule has 1 amide bonds. The molecule has 5 nitrogen and oxygen atoms in total. The number of halogens is 2. The molecule has 2 heterocycles. The Balaban J connectivity index is 1.77. The highest BCUT2D eigenvalue weighted by Crippen LogP contribution is 2.28. The van der Waals surface area contributed by atoms with Crippen LogP contribution in [0.25, 0.3) is 5.65 Å². The minimum absolute atomic E-state index is 0.115. The molecule has 0 aliphatic heterocycles. The highest BCUT2D eigenvalue weighted by atomic mass is 35.5. The lowest BCUT2D eigenvalue weighted by molar-refractivity contribution is -0.115. The number of aromatic nitrogens is 3. The summed E-state index contributed by atoms with van der Waals surface area (Å²) in [6.45, 7) is 3.78. The number of nitrogens with zero attached hydrogens (tertiary/aromatic N) is 3. The number of amides is 1. The molecule has 1 aromatic carbocycles. The van der Waals surface area contributed by atoms with Gasteiger partial charge < -0.3 is 5.32 Å². The number of carbonyl (C=O) groups is 1. The number of hydrogen-bond donors (Lipinski definition) is 1. The van der Waals surface area contributed by atoms with Gasteiger partial charge in [-0.1, -0.05) is 47.1 Å². The summed E-state index contributed by atoms with van der Waals surface area (Å²) in [5.41, 5.74) is 2.36. The summed E-state index contributed by atoms with van der Waals surface area (Å²) < 4.78 is 1.69. The summed E-state index contributed by atoms with van der Waals surface area (Å²) in [6.07, 6.45) is 1.68. The van der Waals surface area contributed by atoms with Gasteiger partial charge >= 0.3 is 0 Å². The van der Waals surface area contributed by atoms with E-state index in [1.165, 1.54) is 11.8 Å². The molecule has 3 rings (SSSR count). The third kappa shape index (κ3) is 3.66. The van der Waals surface area contributed by atoms with Crippen LogP contribution in [0, 0.1) is 6.92 Å². The predicted octanol–water partition coefficient (Wildman–Crippen LogP) is 4.46. The first-order chi connectivity index (χ1) is 11.4. The van der Waals surface area contributed by atoms with E-state index in [4.69, 9.17) is 23.2 Å². The van der Waals surface area contributed by atoms with E-state index in [0.29, 0.717) is 20.8 Å². The zero-order valence-corrected chi connectivity index (χ0v) is 15.3. The van der Waals surface area contributed by atoms with Crippen molar-refractivity contribution in [1.82, 2.24) is 14.6 Å². The SMILES string of the molecule is Cc1cccc(NC(=O)[C@H](C)Sc2nnc3c(Cl)cc(Cl)cn23)c1. The van der Waals surface area contributed by atoms with E-state index in [1.807, 2.05) is 38.1 Å². The van der Waals surface area contributed by atoms with Crippen LogP contribution in [0.4, 0.5) is 5.69 Å². The average Bonchev–Trinajstić information content (AvgIpc) is 2.90. The fraction of sp³-hybridized carbons (Fsp3) is 0.188. The maximum absolute atomic E-state index is 12.4. The summed E-state index contributed by atoms with van der Waals surface area (Å²) >= 11 is 13.4. The Labute approximate surface area is 153 Å². The van der Waals surface area contributed by atoms with Crippen molar-refractivity contribution in [3.05, 3.63) is 52.1 Å². The molecule has 0 spiro atoms. The third-order valence-corrected chi connectivity index (χ3v) is 4.87. The van der Waals surface area contributed by atoms with Gasteiger partial charge in [0.15, 0.2) is 10.8 Å². The number of hydrogen-bond acceptors (Lipinski definition) is 4. The van der Waals surface area contributed by atoms with Gasteiger partial charge in [-0.3, -0.25) is 9.20 Å². The van der Waals surface area contributed by atoms with Crippen molar-refractivity contribution < 1.29 is 4.79 Å². The van der Waals surface area contributed by atoms with Crippen molar-refractivity contribution in [3.8, 4) is 0 Å². The fourth-order valence-corrected chi connectivity index (χ4v) is 3.49. The van der Waals surface area contributed by atoms with Crippen LogP contribution in [0.2, 0.25) is 10.0 Å². The molecule has 0 fully saturated rings. The van der Waals surface area contributed by atoms with Crippen LogP contribution in [0.15, 0.2) is 41.7 Å². The molecule has 24 heavy (non-hydrogen) atoms. The van der Waals surface area contributed by atoms with E-state index in [-0.39, 0.29) is 11.2 Å². The molecule has 0 aliphatic rings. The molecule has 0 bridgehead atoms. The van der Waals surface area contributed by atoms with E-state index < -0.39 is 0 Å². The second-order valence-corrected chi connectivity index (χ2v) is 7.45. The Morgan fingerprint density at radius 1 is 1.29 bits per heavy atom. The predicted molar refractivity (Wildman–Crippen MR) is 98.1 cm³/mol. The molecule has 8 heteroatoms. The molecule has 124 valence electrons. The lowest BCUT2D eigenvalue weighted by Gasteiger charge is -2.11. The number of rotatable bonds is 4. The largest absolute Gasteiger partial charge is 0.325 e. The van der Waals surface area contributed by atoms with Crippen LogP contribution >= 0.6 is 35.0 Å². The quantitative estimate of drug-likeness (QED) is 0.678. The Morgan fingerprint density at radius 3 is 2.83 bits per heavy atom. The van der Waals surface area contributed by atoms with Gasteiger partial charge in [0.1, 0.15) is 0 Å². The van der Waals surface area contributed by atoms with Crippen LogP contribution in [-0.2, 0) is 4.79 Å². The zero-order valence-electron chi connectivity index (χ0n) is 13.0. The highest BCUT2D eigenvalue weighted by Gasteiger charge is 2.19. The first kappa shape index (κ1) is 17.1. The molecule has 2 aromatic heterocycles. The van der Waals surface area contributed by atoms with Crippen molar-refractivity contribution >= 4 is 52.2 Å². The number of nitrogens with one attached hydrogen (secondary N) is 1. The average molecular weight is 381 g/mol. The number of pyridine rings is 1. The molecule has 0 saturated heterocycles. The number of carbonyl (C=O) groups excluding carboxylic acids is 1. The topological polar surface area (TPSA) is 59.3 Å². The van der Waals surface area contributed by atoms with Gasteiger partial charge in [-0.2, -0.15) is 0 Å². The smallest absolute Gasteiger partial charge is 0.237 e. The van der Waals surface area contributed by atoms with Crippen LogP contribution in [-0.4, -0.2) is 25.8 Å². The Hall–Kier alpha value is -1.76. The lowest BCUT2D eigenvalue weighted by Crippen LogP contribution is -2.22. The van der Waals surface area contributed by atoms with Gasteiger partial charge in [-0.25, -0.2) is 0 Å². The third-order valence-electron chi connectivity index (χ3n) is 3.33. The number of aryl methyl sites for hydroxylation is 1. The minimum atomic E-state index is -0.365. The van der Waals surface area contributed by atoms with E-state index >= 15 is 0 Å². The standard InChI is InChI=1S/C16H14Cl2N4OS/c1-9-4-3-5-12(6-9)19-15(23)10(2)24-16-21-20-14-13(18)7-11(17)8-22(14)16/h3-8,10H,1-2H3,(H,19,23)/t10-/m0/s1. The van der Waals surface area contributed by atoms with Crippen LogP contribution in [0.5, 0.6) is 0 Å². The maximum Gasteiger partial charge on any atom is 0.237 e. The molecule has 0 radical (unpaired) electrons. The van der Waals surface area contributed by atoms with Gasteiger partial charge in [-0.15, -0.1) is 10.2 Å². The molecule has 0 unspecified atom stereocenters. The summed E-state index contributed by atoms with van der Waals surface area (Å²) in [6, 6.07) is 9.26. The van der Waals surface area contributed by atoms with Gasteiger partial charge in [0, 0.05) is 11.9 Å². The summed E-state index contributed by atoms with van der Waals surface area (Å²) in [5, 5.41) is 12.1. The van der Waals surface area contributed by atoms with E-state index in [0.717, 1.165) is 11.3 Å². The van der Waals surface area contributed by atoms with E-state index in [2.05, 4.69) is 15.5 Å². The molecular formula is C16H14Cl2N4OS. The van der Waals surface area contributed by atoms with Crippen molar-refractivity contribution in [2.24, 2.45) is 0 Å². The van der Waals surface area contributed by atoms with Gasteiger partial charge in [-0.05, 0) is 37.6 Å². The Morgan fingerprint density at radius 2 is 2.08 bits per heavy atom. The lowest BCUT2D eigenvalue weighted by atomic mass is 10.2. The van der Waals surface area contributed by atoms with Crippen LogP contribution in [0.1, 0.15) is 12.5 Å². The number of benzene rings is 1. The van der Waals surface area contributed by atoms with Crippen LogP contribution in [0.3, 0.4) is 0 Å². The van der Waals surface area contributed by atoms with Crippen LogP contribution < -0.4 is 5.32 Å². The number of thioether (sulfide) groups is 1. The molecule has 1 N–H and O–H groups in total. The van der Waals surface area contributed by atoms with Gasteiger partial charge in [0.2, 0.25) is 5.91 Å². The highest BCUT2D eigenvalue weighted by molar-refractivity contribution is 8.00. The van der Waals surface area contributed by atoms with Crippen molar-refractivity contribution in [2.75, 3.05) is 5.32 Å². The molecule has 3 aromatic rings. The van der Waals surface area contributed by atoms with Crippen molar-refractivity contribution in [2.45, 2.75) is 24.3 Å². The summed E-state index contributed by atoms with van der Waals surface area (Å²) in [7, 11) is 0. The second kappa shape index (κ2) is 7.01. The summed E-state index contributed by atoms with van der Waals surface area (Å²) in [4.78, 5) is 12.4. The fourth-order valence-electron chi connectivity index (χ4n) is 2.16. The van der Waals surface area contributed by atoms with E-state index in [1.54, 1.807) is 16.7 Å². The molecular weight excluding hydrogens is 367 g/mol. The number of anilines is 1. The number of fused-ring (bicyclic) bond motifs is 1. The molecule has 0 aliphatic carbocycles. The van der Waals surface area contributed by atoms with Gasteiger partial charge in [0.25, 0.3) is 0 Å². The molecule has 1 atom stereocenters. The minimum Gasteiger partial charge on any atom is -0.325 e. The summed E-state index contributed by atoms with van der Waals surface area (Å²) in [5.74, 6) is -0.115. The second-order valence-electron chi connectivity index (χ2n) is 5.30. The monoisotopic (exact) mass is 380 g/mol. The zero-order chi connectivity index (χ0) is 17.3. The Bertz CT molecular complexity index is 912. The van der Waals surface area contributed by atoms with Crippen molar-refractivity contribution in [3.63, 3.8) is 0 Å². The Kier molecular flexibility index (Phi) is 4.99. The van der Waals surface area contributed by atoms with Crippen molar-refractivity contribution in [1.29, 1.82) is 0 Å². The van der Waals surface area contributed by atoms with Gasteiger partial charge in [0.05, 0.1) is 15.3 Å². The normalized spacial score (nSPS) is 12.3.